The molecule has 1 atom stereocenters. The molecule has 8 heteroatoms. The maximum Gasteiger partial charge on any atom is 0.342 e. The van der Waals surface area contributed by atoms with E-state index in [1.165, 1.54) is 19.1 Å². The predicted octanol–water partition coefficient (Wildman–Crippen LogP) is 4.59. The molecule has 0 aliphatic rings. The number of esters is 1. The maximum atomic E-state index is 12.9. The Kier molecular flexibility index (Phi) is 6.76. The first-order chi connectivity index (χ1) is 15.1. The molecule has 170 valence electrons. The summed E-state index contributed by atoms with van der Waals surface area (Å²) in [7, 11) is -3.67. The highest BCUT2D eigenvalue weighted by atomic mass is 32.2. The number of aliphatic hydroxyl groups excluding tert-OH is 1. The molecule has 0 bridgehead atoms. The molecule has 32 heavy (non-hydrogen) atoms. The van der Waals surface area contributed by atoms with E-state index in [9.17, 15) is 18.3 Å². The summed E-state index contributed by atoms with van der Waals surface area (Å²) in [6, 6.07) is 10.6. The monoisotopic (exact) mass is 457 g/mol. The van der Waals surface area contributed by atoms with Crippen molar-refractivity contribution in [2.45, 2.75) is 26.9 Å². The van der Waals surface area contributed by atoms with Crippen LogP contribution >= 0.6 is 0 Å². The fraction of sp³-hybridized carbons (Fsp3) is 0.292. The van der Waals surface area contributed by atoms with Gasteiger partial charge in [-0.25, -0.2) is 13.2 Å². The van der Waals surface area contributed by atoms with E-state index in [0.29, 0.717) is 27.9 Å². The molecule has 0 spiro atoms. The van der Waals surface area contributed by atoms with Crippen molar-refractivity contribution in [2.24, 2.45) is 0 Å². The van der Waals surface area contributed by atoms with Crippen LogP contribution in [0.5, 0.6) is 0 Å². The smallest absolute Gasteiger partial charge is 0.342 e. The van der Waals surface area contributed by atoms with Gasteiger partial charge in [-0.1, -0.05) is 35.9 Å². The molecule has 0 fully saturated rings. The first-order valence-corrected chi connectivity index (χ1v) is 12.0. The number of carbonyl (C=O) groups is 1. The van der Waals surface area contributed by atoms with E-state index in [1.54, 1.807) is 13.0 Å². The molecule has 0 saturated carbocycles. The lowest BCUT2D eigenvalue weighted by atomic mass is 10.0. The van der Waals surface area contributed by atoms with Gasteiger partial charge in [-0.15, -0.1) is 6.58 Å². The van der Waals surface area contributed by atoms with Gasteiger partial charge < -0.3 is 14.3 Å². The zero-order valence-electron chi connectivity index (χ0n) is 18.6. The number of benzene rings is 2. The van der Waals surface area contributed by atoms with Crippen LogP contribution < -0.4 is 4.31 Å². The second-order valence-corrected chi connectivity index (χ2v) is 9.47. The van der Waals surface area contributed by atoms with Gasteiger partial charge in [-0.05, 0) is 26.8 Å². The molecule has 0 amide bonds. The average Bonchev–Trinajstić information content (AvgIpc) is 3.09. The van der Waals surface area contributed by atoms with Crippen molar-refractivity contribution in [3.63, 3.8) is 0 Å². The van der Waals surface area contributed by atoms with Crippen LogP contribution in [-0.2, 0) is 14.8 Å². The molecule has 3 aromatic rings. The number of aliphatic hydroxyl groups is 1. The standard InChI is InChI=1S/C24H27NO6S/c1-6-12-25(32(5,28)29)20-14-21-19(13-18(20)16(4)26)22(24(27)30-7-2)23(31-21)17-10-8-15(3)9-11-17/h6,8-11,13-14,16,26H,1,7,12H2,2-5H3. The molecular weight excluding hydrogens is 430 g/mol. The molecule has 1 aromatic heterocycles. The van der Waals surface area contributed by atoms with Gasteiger partial charge in [0.1, 0.15) is 16.9 Å². The highest BCUT2D eigenvalue weighted by Crippen LogP contribution is 2.40. The van der Waals surface area contributed by atoms with Gasteiger partial charge in [0.05, 0.1) is 31.2 Å². The minimum absolute atomic E-state index is 0.0142. The van der Waals surface area contributed by atoms with Crippen molar-refractivity contribution in [1.29, 1.82) is 0 Å². The van der Waals surface area contributed by atoms with Gasteiger partial charge in [0, 0.05) is 22.6 Å². The lowest BCUT2D eigenvalue weighted by molar-refractivity contribution is 0.0528. The molecule has 7 nitrogen and oxygen atoms in total. The first-order valence-electron chi connectivity index (χ1n) is 10.2. The van der Waals surface area contributed by atoms with E-state index in [4.69, 9.17) is 9.15 Å². The van der Waals surface area contributed by atoms with Crippen molar-refractivity contribution in [3.05, 3.63) is 65.7 Å². The number of carbonyl (C=O) groups excluding carboxylic acids is 1. The van der Waals surface area contributed by atoms with Gasteiger partial charge in [0.15, 0.2) is 0 Å². The largest absolute Gasteiger partial charge is 0.462 e. The van der Waals surface area contributed by atoms with Crippen molar-refractivity contribution < 1.29 is 27.5 Å². The summed E-state index contributed by atoms with van der Waals surface area (Å²) >= 11 is 0. The minimum atomic E-state index is -3.67. The summed E-state index contributed by atoms with van der Waals surface area (Å²) in [5, 5.41) is 10.9. The molecule has 0 aliphatic heterocycles. The lowest BCUT2D eigenvalue weighted by Crippen LogP contribution is -2.31. The maximum absolute atomic E-state index is 12.9. The number of anilines is 1. The molecule has 0 radical (unpaired) electrons. The molecule has 1 N–H and O–H groups in total. The minimum Gasteiger partial charge on any atom is -0.462 e. The van der Waals surface area contributed by atoms with Gasteiger partial charge in [-0.3, -0.25) is 4.31 Å². The summed E-state index contributed by atoms with van der Waals surface area (Å²) in [5.74, 6) is -0.237. The second-order valence-electron chi connectivity index (χ2n) is 7.56. The summed E-state index contributed by atoms with van der Waals surface area (Å²) < 4.78 is 37.4. The van der Waals surface area contributed by atoms with Crippen LogP contribution in [0.3, 0.4) is 0 Å². The fourth-order valence-corrected chi connectivity index (χ4v) is 4.43. The summed E-state index contributed by atoms with van der Waals surface area (Å²) in [4.78, 5) is 12.9. The number of rotatable bonds is 8. The van der Waals surface area contributed by atoms with E-state index in [0.717, 1.165) is 16.1 Å². The van der Waals surface area contributed by atoms with Gasteiger partial charge in [0.2, 0.25) is 10.0 Å². The first kappa shape index (κ1) is 23.6. The average molecular weight is 458 g/mol. The molecule has 0 aliphatic carbocycles. The topological polar surface area (TPSA) is 97.1 Å². The zero-order chi connectivity index (χ0) is 23.6. The Morgan fingerprint density at radius 3 is 2.47 bits per heavy atom. The number of fused-ring (bicyclic) bond motifs is 1. The number of sulfonamides is 1. The lowest BCUT2D eigenvalue weighted by Gasteiger charge is -2.24. The Morgan fingerprint density at radius 1 is 1.28 bits per heavy atom. The van der Waals surface area contributed by atoms with E-state index >= 15 is 0 Å². The van der Waals surface area contributed by atoms with Crippen LogP contribution in [0, 0.1) is 6.92 Å². The van der Waals surface area contributed by atoms with Crippen LogP contribution in [0.1, 0.15) is 41.4 Å². The molecule has 1 unspecified atom stereocenters. The van der Waals surface area contributed by atoms with Crippen LogP contribution in [0.25, 0.3) is 22.3 Å². The van der Waals surface area contributed by atoms with E-state index in [-0.39, 0.29) is 24.4 Å². The van der Waals surface area contributed by atoms with E-state index in [2.05, 4.69) is 6.58 Å². The zero-order valence-corrected chi connectivity index (χ0v) is 19.4. The Morgan fingerprint density at radius 2 is 1.94 bits per heavy atom. The number of hydrogen-bond donors (Lipinski definition) is 1. The van der Waals surface area contributed by atoms with Crippen LogP contribution in [0.2, 0.25) is 0 Å². The Balaban J connectivity index is 2.37. The predicted molar refractivity (Wildman–Crippen MR) is 125 cm³/mol. The third-order valence-electron chi connectivity index (χ3n) is 5.04. The number of nitrogens with zero attached hydrogens (tertiary/aromatic N) is 1. The Hall–Kier alpha value is -3.10. The van der Waals surface area contributed by atoms with Crippen LogP contribution in [0.4, 0.5) is 5.69 Å². The molecule has 3 rings (SSSR count). The van der Waals surface area contributed by atoms with Crippen LogP contribution in [-0.4, -0.2) is 38.9 Å². The molecule has 1 heterocycles. The normalized spacial score (nSPS) is 12.5. The third kappa shape index (κ3) is 4.56. The number of furan rings is 1. The van der Waals surface area contributed by atoms with E-state index in [1.807, 2.05) is 31.2 Å². The third-order valence-corrected chi connectivity index (χ3v) is 6.19. The summed E-state index contributed by atoms with van der Waals surface area (Å²) in [5.41, 5.74) is 2.87. The van der Waals surface area contributed by atoms with Crippen molar-refractivity contribution in [3.8, 4) is 11.3 Å². The number of hydrogen-bond acceptors (Lipinski definition) is 6. The van der Waals surface area contributed by atoms with Crippen molar-refractivity contribution >= 4 is 32.6 Å². The molecule has 0 saturated heterocycles. The molecule has 2 aromatic carbocycles. The summed E-state index contributed by atoms with van der Waals surface area (Å²) in [6.07, 6.45) is 1.54. The highest BCUT2D eigenvalue weighted by Gasteiger charge is 2.28. The SMILES string of the molecule is C=CCN(c1cc2oc(-c3ccc(C)cc3)c(C(=O)OCC)c2cc1C(C)O)S(C)(=O)=O. The Labute approximate surface area is 188 Å². The van der Waals surface area contributed by atoms with Crippen molar-refractivity contribution in [1.82, 2.24) is 0 Å². The second kappa shape index (κ2) is 9.18. The highest BCUT2D eigenvalue weighted by molar-refractivity contribution is 7.92. The Bertz CT molecular complexity index is 1260. The fourth-order valence-electron chi connectivity index (χ4n) is 3.54. The summed E-state index contributed by atoms with van der Waals surface area (Å²) in [6.45, 7) is 9.03. The van der Waals surface area contributed by atoms with E-state index < -0.39 is 22.1 Å². The quantitative estimate of drug-likeness (QED) is 0.393. The van der Waals surface area contributed by atoms with Gasteiger partial charge >= 0.3 is 5.97 Å². The van der Waals surface area contributed by atoms with Crippen molar-refractivity contribution in [2.75, 3.05) is 23.7 Å². The number of aryl methyl sites for hydroxylation is 1. The number of ether oxygens (including phenoxy) is 1. The van der Waals surface area contributed by atoms with Crippen LogP contribution in [0.15, 0.2) is 53.5 Å². The van der Waals surface area contributed by atoms with Gasteiger partial charge in [-0.2, -0.15) is 0 Å². The van der Waals surface area contributed by atoms with Gasteiger partial charge in [0.25, 0.3) is 0 Å². The molecular formula is C24H27NO6S.